The third kappa shape index (κ3) is 5.54. The second-order valence-corrected chi connectivity index (χ2v) is 10.2. The SMILES string of the molecule is Cc1ncc(-c2cc(-c3cccnc3)cc(-c3cccnc3)c2)c(-c2cc(-c3cccnc3)cc(-c3cccnc3)c2)n1. The largest absolute Gasteiger partial charge is 0.264 e. The Morgan fingerprint density at radius 1 is 0.395 bits per heavy atom. The van der Waals surface area contributed by atoms with E-state index >= 15 is 0 Å². The van der Waals surface area contributed by atoms with Gasteiger partial charge in [-0.25, -0.2) is 9.97 Å². The van der Waals surface area contributed by atoms with Crippen LogP contribution in [0.25, 0.3) is 66.9 Å². The molecule has 0 spiro atoms. The van der Waals surface area contributed by atoms with Crippen LogP contribution < -0.4 is 0 Å². The summed E-state index contributed by atoms with van der Waals surface area (Å²) in [6, 6.07) is 29.2. The lowest BCUT2D eigenvalue weighted by atomic mass is 9.91. The van der Waals surface area contributed by atoms with Crippen LogP contribution in [-0.2, 0) is 0 Å². The molecule has 0 N–H and O–H groups in total. The van der Waals surface area contributed by atoms with E-state index in [1.807, 2.05) is 62.2 Å². The Bertz CT molecular complexity index is 1900. The van der Waals surface area contributed by atoms with Gasteiger partial charge in [-0.1, -0.05) is 24.3 Å². The average Bonchev–Trinajstić information content (AvgIpc) is 3.09. The maximum absolute atomic E-state index is 5.03. The fourth-order valence-corrected chi connectivity index (χ4v) is 5.25. The van der Waals surface area contributed by atoms with Gasteiger partial charge in [-0.05, 0) is 95.4 Å². The number of aryl methyl sites for hydroxylation is 1. The molecule has 0 aliphatic heterocycles. The van der Waals surface area contributed by atoms with Crippen molar-refractivity contribution in [3.63, 3.8) is 0 Å². The zero-order chi connectivity index (χ0) is 29.0. The fraction of sp³-hybridized carbons (Fsp3) is 0.0270. The maximum atomic E-state index is 5.03. The Balaban J connectivity index is 1.46. The van der Waals surface area contributed by atoms with E-state index in [0.29, 0.717) is 5.82 Å². The molecule has 6 heteroatoms. The molecule has 0 aliphatic carbocycles. The molecule has 7 aromatic rings. The van der Waals surface area contributed by atoms with Crippen molar-refractivity contribution in [3.8, 4) is 66.9 Å². The highest BCUT2D eigenvalue weighted by atomic mass is 14.9. The molecule has 0 saturated heterocycles. The van der Waals surface area contributed by atoms with Gasteiger partial charge in [-0.3, -0.25) is 19.9 Å². The first-order chi connectivity index (χ1) is 21.2. The summed E-state index contributed by atoms with van der Waals surface area (Å²) in [5.41, 5.74) is 12.1. The van der Waals surface area contributed by atoms with Crippen LogP contribution in [0.15, 0.2) is 141 Å². The Hall–Kier alpha value is -5.88. The second kappa shape index (κ2) is 11.5. The zero-order valence-corrected chi connectivity index (χ0v) is 23.5. The Morgan fingerprint density at radius 3 is 1.14 bits per heavy atom. The van der Waals surface area contributed by atoms with E-state index in [4.69, 9.17) is 4.98 Å². The topological polar surface area (TPSA) is 77.3 Å². The van der Waals surface area contributed by atoms with E-state index in [1.54, 1.807) is 24.8 Å². The Kier molecular flexibility index (Phi) is 6.99. The normalized spacial score (nSPS) is 10.9. The molecule has 204 valence electrons. The van der Waals surface area contributed by atoms with Gasteiger partial charge in [0.05, 0.1) is 5.69 Å². The van der Waals surface area contributed by atoms with Gasteiger partial charge in [0.25, 0.3) is 0 Å². The minimum Gasteiger partial charge on any atom is -0.264 e. The molecular formula is C37H26N6. The molecule has 0 fully saturated rings. The Labute approximate surface area is 249 Å². The number of benzene rings is 2. The monoisotopic (exact) mass is 554 g/mol. The summed E-state index contributed by atoms with van der Waals surface area (Å²) >= 11 is 0. The lowest BCUT2D eigenvalue weighted by molar-refractivity contribution is 1.06. The fourth-order valence-electron chi connectivity index (χ4n) is 5.25. The van der Waals surface area contributed by atoms with E-state index in [2.05, 4.69) is 85.6 Å². The summed E-state index contributed by atoms with van der Waals surface area (Å²) in [6.45, 7) is 1.92. The van der Waals surface area contributed by atoms with Gasteiger partial charge >= 0.3 is 0 Å². The van der Waals surface area contributed by atoms with Gasteiger partial charge in [0.2, 0.25) is 0 Å². The maximum Gasteiger partial charge on any atom is 0.125 e. The standard InChI is InChI=1S/C37H26N6/c1-25-42-24-36(34-16-30(26-6-2-10-38-20-26)14-31(17-34)27-7-3-11-39-21-27)37(43-25)35-18-32(28-8-4-12-40-22-28)15-33(19-35)29-9-5-13-41-23-29/h2-24H,1H3. The molecule has 0 unspecified atom stereocenters. The van der Waals surface area contributed by atoms with E-state index in [9.17, 15) is 0 Å². The van der Waals surface area contributed by atoms with E-state index in [-0.39, 0.29) is 0 Å². The third-order valence-corrected chi connectivity index (χ3v) is 7.34. The number of rotatable bonds is 6. The third-order valence-electron chi connectivity index (χ3n) is 7.34. The van der Waals surface area contributed by atoms with Crippen LogP contribution in [0, 0.1) is 6.92 Å². The highest BCUT2D eigenvalue weighted by Gasteiger charge is 2.16. The van der Waals surface area contributed by atoms with Crippen molar-refractivity contribution >= 4 is 0 Å². The van der Waals surface area contributed by atoms with Crippen LogP contribution in [0.4, 0.5) is 0 Å². The van der Waals surface area contributed by atoms with Gasteiger partial charge in [0.1, 0.15) is 5.82 Å². The van der Waals surface area contributed by atoms with Gasteiger partial charge < -0.3 is 0 Å². The molecule has 0 atom stereocenters. The number of nitrogens with zero attached hydrogens (tertiary/aromatic N) is 6. The molecule has 2 aromatic carbocycles. The molecule has 0 amide bonds. The van der Waals surface area contributed by atoms with Gasteiger partial charge in [-0.2, -0.15) is 0 Å². The molecular weight excluding hydrogens is 528 g/mol. The number of aromatic nitrogens is 6. The number of hydrogen-bond donors (Lipinski definition) is 0. The summed E-state index contributed by atoms with van der Waals surface area (Å²) in [6.07, 6.45) is 16.6. The second-order valence-electron chi connectivity index (χ2n) is 10.2. The quantitative estimate of drug-likeness (QED) is 0.206. The van der Waals surface area contributed by atoms with Crippen LogP contribution in [-0.4, -0.2) is 29.9 Å². The molecule has 0 radical (unpaired) electrons. The number of hydrogen-bond acceptors (Lipinski definition) is 6. The molecule has 7 rings (SSSR count). The van der Waals surface area contributed by atoms with Gasteiger partial charge in [0, 0.05) is 89.2 Å². The zero-order valence-electron chi connectivity index (χ0n) is 23.5. The van der Waals surface area contributed by atoms with E-state index in [1.165, 1.54) is 0 Å². The van der Waals surface area contributed by atoms with Crippen molar-refractivity contribution in [2.24, 2.45) is 0 Å². The van der Waals surface area contributed by atoms with Crippen LogP contribution >= 0.6 is 0 Å². The average molecular weight is 555 g/mol. The molecule has 0 saturated carbocycles. The first kappa shape index (κ1) is 26.0. The van der Waals surface area contributed by atoms with Crippen molar-refractivity contribution in [3.05, 3.63) is 147 Å². The van der Waals surface area contributed by atoms with Crippen LogP contribution in [0.2, 0.25) is 0 Å². The number of pyridine rings is 4. The predicted octanol–water partition coefficient (Wildman–Crippen LogP) is 8.37. The van der Waals surface area contributed by atoms with E-state index in [0.717, 1.165) is 66.9 Å². The summed E-state index contributed by atoms with van der Waals surface area (Å²) in [5.74, 6) is 0.698. The van der Waals surface area contributed by atoms with Crippen LogP contribution in [0.1, 0.15) is 5.82 Å². The summed E-state index contributed by atoms with van der Waals surface area (Å²) in [7, 11) is 0. The smallest absolute Gasteiger partial charge is 0.125 e. The molecule has 6 nitrogen and oxygen atoms in total. The highest BCUT2D eigenvalue weighted by Crippen LogP contribution is 2.39. The van der Waals surface area contributed by atoms with Crippen molar-refractivity contribution in [1.82, 2.24) is 29.9 Å². The molecule has 0 aliphatic rings. The summed E-state index contributed by atoms with van der Waals surface area (Å²) in [4.78, 5) is 27.2. The van der Waals surface area contributed by atoms with Crippen molar-refractivity contribution in [2.75, 3.05) is 0 Å². The first-order valence-corrected chi connectivity index (χ1v) is 14.0. The lowest BCUT2D eigenvalue weighted by Gasteiger charge is -2.16. The first-order valence-electron chi connectivity index (χ1n) is 14.0. The van der Waals surface area contributed by atoms with Crippen LogP contribution in [0.3, 0.4) is 0 Å². The van der Waals surface area contributed by atoms with Crippen LogP contribution in [0.5, 0.6) is 0 Å². The minimum atomic E-state index is 0.698. The molecule has 0 bridgehead atoms. The molecule has 5 heterocycles. The van der Waals surface area contributed by atoms with Gasteiger partial charge in [-0.15, -0.1) is 0 Å². The van der Waals surface area contributed by atoms with Crippen molar-refractivity contribution in [2.45, 2.75) is 6.92 Å². The summed E-state index contributed by atoms with van der Waals surface area (Å²) < 4.78 is 0. The van der Waals surface area contributed by atoms with Crippen molar-refractivity contribution < 1.29 is 0 Å². The highest BCUT2D eigenvalue weighted by molar-refractivity contribution is 5.89. The minimum absolute atomic E-state index is 0.698. The predicted molar refractivity (Wildman–Crippen MR) is 171 cm³/mol. The Morgan fingerprint density at radius 2 is 0.767 bits per heavy atom. The molecule has 5 aromatic heterocycles. The summed E-state index contributed by atoms with van der Waals surface area (Å²) in [5, 5.41) is 0. The van der Waals surface area contributed by atoms with Crippen molar-refractivity contribution in [1.29, 1.82) is 0 Å². The lowest BCUT2D eigenvalue weighted by Crippen LogP contribution is -1.97. The van der Waals surface area contributed by atoms with E-state index < -0.39 is 0 Å². The van der Waals surface area contributed by atoms with Gasteiger partial charge in [0.15, 0.2) is 0 Å². The molecule has 43 heavy (non-hydrogen) atoms.